The van der Waals surface area contributed by atoms with Crippen LogP contribution in [0.15, 0.2) is 87.8 Å². The van der Waals surface area contributed by atoms with Crippen LogP contribution in [-0.2, 0) is 10.0 Å². The van der Waals surface area contributed by atoms with E-state index < -0.39 is 10.0 Å². The first kappa shape index (κ1) is 24.0. The van der Waals surface area contributed by atoms with Crippen LogP contribution in [0.1, 0.15) is 31.4 Å². The summed E-state index contributed by atoms with van der Waals surface area (Å²) >= 11 is 1.59. The topological polar surface area (TPSA) is 64.5 Å². The van der Waals surface area contributed by atoms with Crippen molar-refractivity contribution >= 4 is 33.4 Å². The minimum atomic E-state index is -3.89. The molecular formula is C25H29N3O2S2. The summed E-state index contributed by atoms with van der Waals surface area (Å²) in [6.07, 6.45) is 6.21. The Balaban J connectivity index is 2.15. The van der Waals surface area contributed by atoms with Crippen molar-refractivity contribution in [3.63, 3.8) is 0 Å². The van der Waals surface area contributed by atoms with Crippen molar-refractivity contribution in [2.45, 2.75) is 37.0 Å². The van der Waals surface area contributed by atoms with Crippen molar-refractivity contribution in [3.8, 4) is 0 Å². The maximum atomic E-state index is 13.4. The van der Waals surface area contributed by atoms with Crippen molar-refractivity contribution in [1.29, 1.82) is 5.41 Å². The van der Waals surface area contributed by atoms with E-state index in [0.717, 1.165) is 31.5 Å². The number of amidine groups is 1. The monoisotopic (exact) mass is 467 g/mol. The van der Waals surface area contributed by atoms with Gasteiger partial charge in [-0.25, -0.2) is 12.7 Å². The predicted octanol–water partition coefficient (Wildman–Crippen LogP) is 5.87. The largest absolute Gasteiger partial charge is 0.283 e. The molecule has 1 N–H and O–H groups in total. The fraction of sp³-hybridized carbons (Fsp3) is 0.240. The zero-order valence-corrected chi connectivity index (χ0v) is 20.7. The van der Waals surface area contributed by atoms with E-state index in [-0.39, 0.29) is 10.7 Å². The SMILES string of the molecule is C/C=C\C/C(C)=C1/C(=N)N(S(=O)(=O)c2ccc(C)cc2)C=C1c1cccc(SN(C)C)c1. The highest BCUT2D eigenvalue weighted by molar-refractivity contribution is 7.97. The fourth-order valence-electron chi connectivity index (χ4n) is 3.48. The molecule has 0 radical (unpaired) electrons. The minimum Gasteiger partial charge on any atom is -0.283 e. The molecule has 2 aromatic carbocycles. The third-order valence-corrected chi connectivity index (χ3v) is 7.57. The Labute approximate surface area is 195 Å². The van der Waals surface area contributed by atoms with E-state index in [4.69, 9.17) is 5.41 Å². The lowest BCUT2D eigenvalue weighted by molar-refractivity contribution is 0.564. The van der Waals surface area contributed by atoms with Gasteiger partial charge in [-0.05, 0) is 83.1 Å². The van der Waals surface area contributed by atoms with Crippen molar-refractivity contribution in [2.75, 3.05) is 14.1 Å². The van der Waals surface area contributed by atoms with Gasteiger partial charge in [0.2, 0.25) is 0 Å². The standard InChI is InChI=1S/C25H29N3O2S2/c1-6-7-9-19(3)24-23(20-10-8-11-21(16-20)31-27(4)5)17-28(25(24)26)32(29,30)22-14-12-18(2)13-15-22/h6-8,10-17,26H,9H2,1-5H3/b7-6-,24-19+,26-25?. The zero-order chi connectivity index (χ0) is 23.5. The molecule has 0 saturated heterocycles. The van der Waals surface area contributed by atoms with Gasteiger partial charge in [-0.1, -0.05) is 47.6 Å². The number of nitrogens with one attached hydrogen (secondary N) is 1. The number of nitrogens with zero attached hydrogens (tertiary/aromatic N) is 2. The van der Waals surface area contributed by atoms with Crippen LogP contribution >= 0.6 is 11.9 Å². The van der Waals surface area contributed by atoms with Gasteiger partial charge in [0.25, 0.3) is 10.0 Å². The van der Waals surface area contributed by atoms with Crippen LogP contribution in [0.5, 0.6) is 0 Å². The summed E-state index contributed by atoms with van der Waals surface area (Å²) in [5, 5.41) is 8.82. The highest BCUT2D eigenvalue weighted by Crippen LogP contribution is 2.38. The summed E-state index contributed by atoms with van der Waals surface area (Å²) in [5.41, 5.74) is 4.22. The van der Waals surface area contributed by atoms with Gasteiger partial charge in [-0.15, -0.1) is 0 Å². The number of sulfonamides is 1. The number of aryl methyl sites for hydroxylation is 1. The second-order valence-corrected chi connectivity index (χ2v) is 11.1. The first-order chi connectivity index (χ1) is 15.1. The van der Waals surface area contributed by atoms with E-state index >= 15 is 0 Å². The highest BCUT2D eigenvalue weighted by atomic mass is 32.2. The van der Waals surface area contributed by atoms with Crippen LogP contribution < -0.4 is 0 Å². The number of allylic oxidation sites excluding steroid dienone is 3. The molecular weight excluding hydrogens is 438 g/mol. The smallest absolute Gasteiger partial charge is 0.269 e. The Morgan fingerprint density at radius 2 is 1.84 bits per heavy atom. The van der Waals surface area contributed by atoms with Crippen molar-refractivity contribution in [1.82, 2.24) is 8.61 Å². The van der Waals surface area contributed by atoms with Crippen molar-refractivity contribution < 1.29 is 8.42 Å². The van der Waals surface area contributed by atoms with Crippen molar-refractivity contribution in [2.24, 2.45) is 0 Å². The highest BCUT2D eigenvalue weighted by Gasteiger charge is 2.35. The summed E-state index contributed by atoms with van der Waals surface area (Å²) < 4.78 is 30.0. The van der Waals surface area contributed by atoms with E-state index in [1.807, 2.05) is 75.6 Å². The average Bonchev–Trinajstić information content (AvgIpc) is 3.10. The lowest BCUT2D eigenvalue weighted by Gasteiger charge is -2.17. The number of hydrogen-bond acceptors (Lipinski definition) is 5. The third-order valence-electron chi connectivity index (χ3n) is 5.07. The normalized spacial score (nSPS) is 16.2. The molecule has 0 aromatic heterocycles. The summed E-state index contributed by atoms with van der Waals surface area (Å²) in [5.74, 6) is -0.0201. The van der Waals surface area contributed by atoms with E-state index in [1.165, 1.54) is 0 Å². The van der Waals surface area contributed by atoms with Gasteiger partial charge in [-0.2, -0.15) is 0 Å². The van der Waals surface area contributed by atoms with Gasteiger partial charge >= 0.3 is 0 Å². The van der Waals surface area contributed by atoms with Gasteiger partial charge in [0.1, 0.15) is 5.84 Å². The molecule has 0 bridgehead atoms. The van der Waals surface area contributed by atoms with Crippen molar-refractivity contribution in [3.05, 3.63) is 89.2 Å². The summed E-state index contributed by atoms with van der Waals surface area (Å²) in [6.45, 7) is 5.82. The lowest BCUT2D eigenvalue weighted by Crippen LogP contribution is -2.29. The summed E-state index contributed by atoms with van der Waals surface area (Å²) in [6, 6.07) is 14.7. The van der Waals surface area contributed by atoms with Gasteiger partial charge in [-0.3, -0.25) is 9.71 Å². The molecule has 7 heteroatoms. The molecule has 1 heterocycles. The van der Waals surface area contributed by atoms with Crippen LogP contribution in [0.3, 0.4) is 0 Å². The maximum Gasteiger partial charge on any atom is 0.269 e. The Bertz CT molecular complexity index is 1210. The van der Waals surface area contributed by atoms with Crippen LogP contribution in [0.2, 0.25) is 0 Å². The van der Waals surface area contributed by atoms with E-state index in [0.29, 0.717) is 12.0 Å². The average molecular weight is 468 g/mol. The number of benzene rings is 2. The second kappa shape index (κ2) is 9.90. The van der Waals surface area contributed by atoms with Crippen LogP contribution in [-0.4, -0.2) is 37.0 Å². The zero-order valence-electron chi connectivity index (χ0n) is 19.1. The molecule has 2 aromatic rings. The summed E-state index contributed by atoms with van der Waals surface area (Å²) in [4.78, 5) is 1.22. The molecule has 0 saturated carbocycles. The minimum absolute atomic E-state index is 0.0201. The van der Waals surface area contributed by atoms with Crippen LogP contribution in [0.25, 0.3) is 5.57 Å². The summed E-state index contributed by atoms with van der Waals surface area (Å²) in [7, 11) is 0.0582. The molecule has 0 amide bonds. The number of hydrogen-bond donors (Lipinski definition) is 1. The maximum absolute atomic E-state index is 13.4. The molecule has 0 spiro atoms. The predicted molar refractivity (Wildman–Crippen MR) is 134 cm³/mol. The van der Waals surface area contributed by atoms with Crippen LogP contribution in [0.4, 0.5) is 0 Å². The molecule has 168 valence electrons. The van der Waals surface area contributed by atoms with Gasteiger partial charge in [0, 0.05) is 22.2 Å². The van der Waals surface area contributed by atoms with Gasteiger partial charge in [0.15, 0.2) is 0 Å². The lowest BCUT2D eigenvalue weighted by atomic mass is 9.95. The van der Waals surface area contributed by atoms with E-state index in [1.54, 1.807) is 42.4 Å². The van der Waals surface area contributed by atoms with E-state index in [9.17, 15) is 8.42 Å². The molecule has 1 aliphatic heterocycles. The molecule has 0 aliphatic carbocycles. The Hall–Kier alpha value is -2.61. The Morgan fingerprint density at radius 1 is 1.16 bits per heavy atom. The third kappa shape index (κ3) is 5.06. The quantitative estimate of drug-likeness (QED) is 0.409. The first-order valence-electron chi connectivity index (χ1n) is 10.3. The van der Waals surface area contributed by atoms with Crippen LogP contribution in [0, 0.1) is 12.3 Å². The molecule has 0 atom stereocenters. The van der Waals surface area contributed by atoms with Gasteiger partial charge < -0.3 is 0 Å². The number of rotatable bonds is 7. The molecule has 32 heavy (non-hydrogen) atoms. The Kier molecular flexibility index (Phi) is 7.44. The fourth-order valence-corrected chi connectivity index (χ4v) is 5.50. The molecule has 0 unspecified atom stereocenters. The molecule has 0 fully saturated rings. The molecule has 3 rings (SSSR count). The first-order valence-corrected chi connectivity index (χ1v) is 12.6. The molecule has 1 aliphatic rings. The second-order valence-electron chi connectivity index (χ2n) is 7.87. The Morgan fingerprint density at radius 3 is 2.47 bits per heavy atom. The van der Waals surface area contributed by atoms with Gasteiger partial charge in [0.05, 0.1) is 4.90 Å². The molecule has 5 nitrogen and oxygen atoms in total. The van der Waals surface area contributed by atoms with E-state index in [2.05, 4.69) is 0 Å².